The van der Waals surface area contributed by atoms with Gasteiger partial charge in [0, 0.05) is 6.08 Å². The normalized spacial score (nSPS) is 10.6. The zero-order valence-corrected chi connectivity index (χ0v) is 14.5. The minimum Gasteiger partial charge on any atom is -0.495 e. The monoisotopic (exact) mass is 336 g/mol. The van der Waals surface area contributed by atoms with Crippen molar-refractivity contribution >= 4 is 11.3 Å². The smallest absolute Gasteiger partial charge is 0.161 e. The van der Waals surface area contributed by atoms with E-state index in [1.807, 2.05) is 36.4 Å². The number of anilines is 1. The van der Waals surface area contributed by atoms with Crippen LogP contribution in [-0.4, -0.2) is 21.3 Å². The summed E-state index contributed by atoms with van der Waals surface area (Å²) in [5.74, 6) is 1.92. The fourth-order valence-corrected chi connectivity index (χ4v) is 2.50. The van der Waals surface area contributed by atoms with Crippen LogP contribution in [0.15, 0.2) is 55.3 Å². The van der Waals surface area contributed by atoms with Crippen molar-refractivity contribution in [3.63, 3.8) is 0 Å². The highest BCUT2D eigenvalue weighted by atomic mass is 16.5. The highest BCUT2D eigenvalue weighted by Crippen LogP contribution is 2.35. The Morgan fingerprint density at radius 2 is 1.56 bits per heavy atom. The first-order chi connectivity index (χ1) is 12.2. The molecule has 2 aromatic carbocycles. The van der Waals surface area contributed by atoms with Crippen LogP contribution in [0, 0.1) is 11.3 Å². The molecule has 1 N–H and O–H groups in total. The first kappa shape index (κ1) is 18.0. The zero-order valence-electron chi connectivity index (χ0n) is 14.5. The Hall–Kier alpha value is -3.39. The van der Waals surface area contributed by atoms with Gasteiger partial charge in [0.15, 0.2) is 11.5 Å². The highest BCUT2D eigenvalue weighted by Gasteiger charge is 2.12. The van der Waals surface area contributed by atoms with Gasteiger partial charge in [-0.05, 0) is 47.2 Å². The van der Waals surface area contributed by atoms with Gasteiger partial charge < -0.3 is 19.5 Å². The number of nitrogens with zero attached hydrogens (tertiary/aromatic N) is 1. The predicted octanol–water partition coefficient (Wildman–Crippen LogP) is 4.22. The molecule has 0 spiro atoms. The minimum atomic E-state index is 0.599. The number of rotatable bonds is 7. The van der Waals surface area contributed by atoms with Crippen molar-refractivity contribution in [1.82, 2.24) is 0 Å². The average Bonchev–Trinajstić information content (AvgIpc) is 2.65. The Morgan fingerprint density at radius 3 is 2.12 bits per heavy atom. The molecule has 0 aliphatic heterocycles. The lowest BCUT2D eigenvalue weighted by molar-refractivity contribution is 0.355. The number of nitrogens with one attached hydrogen (secondary N) is 1. The van der Waals surface area contributed by atoms with Gasteiger partial charge in [0.1, 0.15) is 5.75 Å². The second-order valence-corrected chi connectivity index (χ2v) is 5.02. The summed E-state index contributed by atoms with van der Waals surface area (Å²) in [5.41, 5.74) is 3.23. The maximum atomic E-state index is 9.22. The molecule has 0 aliphatic rings. The van der Waals surface area contributed by atoms with Gasteiger partial charge in [-0.25, -0.2) is 0 Å². The summed E-state index contributed by atoms with van der Waals surface area (Å²) in [6.45, 7) is 3.68. The van der Waals surface area contributed by atoms with Gasteiger partial charge in [-0.3, -0.25) is 0 Å². The molecule has 0 aliphatic carbocycles. The molecule has 0 atom stereocenters. The molecule has 128 valence electrons. The quantitative estimate of drug-likeness (QED) is 0.767. The highest BCUT2D eigenvalue weighted by molar-refractivity contribution is 5.84. The third kappa shape index (κ3) is 3.93. The van der Waals surface area contributed by atoms with Crippen molar-refractivity contribution in [2.75, 3.05) is 26.6 Å². The van der Waals surface area contributed by atoms with Crippen LogP contribution in [0.25, 0.3) is 5.57 Å². The number of hydrogen-bond acceptors (Lipinski definition) is 5. The van der Waals surface area contributed by atoms with E-state index in [1.54, 1.807) is 27.5 Å². The van der Waals surface area contributed by atoms with Gasteiger partial charge >= 0.3 is 0 Å². The van der Waals surface area contributed by atoms with Crippen LogP contribution in [0.1, 0.15) is 11.1 Å². The summed E-state index contributed by atoms with van der Waals surface area (Å²) < 4.78 is 16.0. The molecule has 0 radical (unpaired) electrons. The SMILES string of the molecule is C=CNc1cc(/C(=C\C#N)c2ccc(OC)c(OC)c2)ccc1OC. The van der Waals surface area contributed by atoms with Crippen LogP contribution in [0.4, 0.5) is 5.69 Å². The topological polar surface area (TPSA) is 63.5 Å². The summed E-state index contributed by atoms with van der Waals surface area (Å²) in [7, 11) is 4.76. The second kappa shape index (κ2) is 8.46. The van der Waals surface area contributed by atoms with E-state index in [-0.39, 0.29) is 0 Å². The van der Waals surface area contributed by atoms with Crippen LogP contribution in [0.5, 0.6) is 17.2 Å². The Bertz CT molecular complexity index is 835. The molecule has 0 bridgehead atoms. The summed E-state index contributed by atoms with van der Waals surface area (Å²) in [4.78, 5) is 0. The van der Waals surface area contributed by atoms with Crippen LogP contribution in [-0.2, 0) is 0 Å². The second-order valence-electron chi connectivity index (χ2n) is 5.02. The van der Waals surface area contributed by atoms with Crippen molar-refractivity contribution < 1.29 is 14.2 Å². The number of allylic oxidation sites excluding steroid dienone is 1. The zero-order chi connectivity index (χ0) is 18.2. The lowest BCUT2D eigenvalue weighted by atomic mass is 9.96. The third-order valence-electron chi connectivity index (χ3n) is 3.67. The number of nitriles is 1. The first-order valence-electron chi connectivity index (χ1n) is 7.56. The number of methoxy groups -OCH3 is 3. The molecule has 0 amide bonds. The van der Waals surface area contributed by atoms with Crippen molar-refractivity contribution in [3.8, 4) is 23.3 Å². The van der Waals surface area contributed by atoms with Gasteiger partial charge in [-0.15, -0.1) is 0 Å². The van der Waals surface area contributed by atoms with Crippen molar-refractivity contribution in [2.24, 2.45) is 0 Å². The summed E-state index contributed by atoms with van der Waals surface area (Å²) in [6.07, 6.45) is 3.08. The molecule has 5 nitrogen and oxygen atoms in total. The summed E-state index contributed by atoms with van der Waals surface area (Å²) >= 11 is 0. The van der Waals surface area contributed by atoms with E-state index >= 15 is 0 Å². The molecule has 0 heterocycles. The Balaban J connectivity index is 2.56. The van der Waals surface area contributed by atoms with E-state index in [9.17, 15) is 5.26 Å². The predicted molar refractivity (Wildman–Crippen MR) is 99.1 cm³/mol. The Morgan fingerprint density at radius 1 is 0.960 bits per heavy atom. The molecule has 0 aromatic heterocycles. The van der Waals surface area contributed by atoms with Gasteiger partial charge in [0.25, 0.3) is 0 Å². The van der Waals surface area contributed by atoms with E-state index in [0.717, 1.165) is 22.4 Å². The van der Waals surface area contributed by atoms with Crippen LogP contribution < -0.4 is 19.5 Å². The van der Waals surface area contributed by atoms with Crippen molar-refractivity contribution in [3.05, 3.63) is 66.4 Å². The molecular formula is C20H20N2O3. The molecule has 5 heteroatoms. The molecule has 2 rings (SSSR count). The van der Waals surface area contributed by atoms with Crippen LogP contribution in [0.3, 0.4) is 0 Å². The molecule has 2 aromatic rings. The van der Waals surface area contributed by atoms with E-state index in [2.05, 4.69) is 18.0 Å². The lowest BCUT2D eigenvalue weighted by Crippen LogP contribution is -1.96. The van der Waals surface area contributed by atoms with Gasteiger partial charge in [-0.1, -0.05) is 18.7 Å². The molecule has 0 saturated heterocycles. The third-order valence-corrected chi connectivity index (χ3v) is 3.67. The van der Waals surface area contributed by atoms with E-state index in [1.165, 1.54) is 6.08 Å². The fraction of sp³-hybridized carbons (Fsp3) is 0.150. The maximum Gasteiger partial charge on any atom is 0.161 e. The number of hydrogen-bond donors (Lipinski definition) is 1. The summed E-state index contributed by atoms with van der Waals surface area (Å²) in [6, 6.07) is 13.3. The van der Waals surface area contributed by atoms with Crippen LogP contribution >= 0.6 is 0 Å². The van der Waals surface area contributed by atoms with E-state index in [4.69, 9.17) is 14.2 Å². The molecule has 0 unspecified atom stereocenters. The molecule has 25 heavy (non-hydrogen) atoms. The first-order valence-corrected chi connectivity index (χ1v) is 7.56. The van der Waals surface area contributed by atoms with Gasteiger partial charge in [0.2, 0.25) is 0 Å². The Kier molecular flexibility index (Phi) is 6.08. The largest absolute Gasteiger partial charge is 0.495 e. The van der Waals surface area contributed by atoms with E-state index in [0.29, 0.717) is 17.2 Å². The van der Waals surface area contributed by atoms with Crippen molar-refractivity contribution in [2.45, 2.75) is 0 Å². The standard InChI is InChI=1S/C20H20N2O3/c1-5-22-17-12-14(6-8-18(17)23-2)16(10-11-21)15-7-9-19(24-3)20(13-15)25-4/h5-10,12-13,22H,1H2,2-4H3/b16-10+. The number of benzene rings is 2. The van der Waals surface area contributed by atoms with Crippen LogP contribution in [0.2, 0.25) is 0 Å². The van der Waals surface area contributed by atoms with Crippen molar-refractivity contribution in [1.29, 1.82) is 5.26 Å². The fourth-order valence-electron chi connectivity index (χ4n) is 2.50. The lowest BCUT2D eigenvalue weighted by Gasteiger charge is -2.14. The molecular weight excluding hydrogens is 316 g/mol. The maximum absolute atomic E-state index is 9.22. The number of ether oxygens (including phenoxy) is 3. The summed E-state index contributed by atoms with van der Waals surface area (Å²) in [5, 5.41) is 12.3. The molecule has 0 saturated carbocycles. The molecule has 0 fully saturated rings. The average molecular weight is 336 g/mol. The Labute approximate surface area is 147 Å². The minimum absolute atomic E-state index is 0.599. The van der Waals surface area contributed by atoms with E-state index < -0.39 is 0 Å². The van der Waals surface area contributed by atoms with Gasteiger partial charge in [0.05, 0.1) is 33.1 Å². The van der Waals surface area contributed by atoms with Gasteiger partial charge in [-0.2, -0.15) is 5.26 Å².